The molecule has 3 aliphatic rings. The van der Waals surface area contributed by atoms with Crippen LogP contribution in [-0.2, 0) is 16.2 Å². The Bertz CT molecular complexity index is 2710. The molecule has 0 saturated heterocycles. The lowest BCUT2D eigenvalue weighted by atomic mass is 9.35. The molecule has 4 nitrogen and oxygen atoms in total. The van der Waals surface area contributed by atoms with E-state index in [1.165, 1.54) is 33.3 Å². The summed E-state index contributed by atoms with van der Waals surface area (Å²) in [5, 5.41) is 1.04. The van der Waals surface area contributed by atoms with E-state index in [1.807, 2.05) is 12.1 Å². The van der Waals surface area contributed by atoms with Gasteiger partial charge in [0, 0.05) is 33.8 Å². The third-order valence-corrected chi connectivity index (χ3v) is 12.9. The summed E-state index contributed by atoms with van der Waals surface area (Å²) in [5.74, 6) is 1.64. The number of para-hydroxylation sites is 1. The molecule has 6 aromatic carbocycles. The smallest absolute Gasteiger partial charge is 0.297 e. The number of fused-ring (bicyclic) bond motifs is 9. The molecule has 0 atom stereocenters. The standard InChI is InChI=1S/C50H47BN2O2S/c1-48(2,3)30-17-22-33(23-18-30)52-37-27-21-32(50(7,8)9)29-36(37)51-43-38(52)13-12-14-39(43)53(34-24-19-31(20-25-34)49(4,5)6)44-35-26-28-42-46(45(35)55-47(44)51)54-40-15-10-11-16-41(40)56-42/h10-29H,1-9H3. The Kier molecular flexibility index (Phi) is 7.58. The summed E-state index contributed by atoms with van der Waals surface area (Å²) in [4.78, 5) is 7.08. The van der Waals surface area contributed by atoms with Crippen molar-refractivity contribution in [3.8, 4) is 11.5 Å². The summed E-state index contributed by atoms with van der Waals surface area (Å²) in [6, 6.07) is 44.9. The van der Waals surface area contributed by atoms with Crippen molar-refractivity contribution >= 4 is 80.2 Å². The molecule has 278 valence electrons. The van der Waals surface area contributed by atoms with Gasteiger partial charge in [0.25, 0.3) is 6.71 Å². The van der Waals surface area contributed by atoms with Gasteiger partial charge >= 0.3 is 0 Å². The van der Waals surface area contributed by atoms with Crippen LogP contribution in [0.25, 0.3) is 11.0 Å². The fraction of sp³-hybridized carbons (Fsp3) is 0.240. The van der Waals surface area contributed by atoms with Crippen LogP contribution in [0.1, 0.15) is 79.0 Å². The fourth-order valence-corrected chi connectivity index (χ4v) is 9.66. The minimum atomic E-state index is -0.143. The second-order valence-corrected chi connectivity index (χ2v) is 19.8. The Morgan fingerprint density at radius 2 is 1.12 bits per heavy atom. The van der Waals surface area contributed by atoms with Gasteiger partial charge in [-0.3, -0.25) is 0 Å². The lowest BCUT2D eigenvalue weighted by molar-refractivity contribution is 0.449. The first-order chi connectivity index (χ1) is 26.7. The zero-order valence-electron chi connectivity index (χ0n) is 33.7. The molecule has 6 heteroatoms. The molecule has 0 radical (unpaired) electrons. The van der Waals surface area contributed by atoms with E-state index in [4.69, 9.17) is 9.15 Å². The summed E-state index contributed by atoms with van der Waals surface area (Å²) in [6.45, 7) is 20.4. The van der Waals surface area contributed by atoms with E-state index in [0.29, 0.717) is 0 Å². The Balaban J connectivity index is 1.27. The highest BCUT2D eigenvalue weighted by molar-refractivity contribution is 7.99. The van der Waals surface area contributed by atoms with Crippen LogP contribution in [0.5, 0.6) is 11.5 Å². The molecule has 10 rings (SSSR count). The number of benzene rings is 6. The minimum Gasteiger partial charge on any atom is -0.464 e. The maximum Gasteiger partial charge on any atom is 0.297 e. The van der Waals surface area contributed by atoms with Gasteiger partial charge in [0.15, 0.2) is 11.3 Å². The normalized spacial score (nSPS) is 14.5. The minimum absolute atomic E-state index is 0.0345. The van der Waals surface area contributed by atoms with Crippen molar-refractivity contribution in [1.82, 2.24) is 0 Å². The molecule has 0 bridgehead atoms. The fourth-order valence-electron chi connectivity index (χ4n) is 8.70. The molecule has 3 aliphatic heterocycles. The molecule has 0 fully saturated rings. The highest BCUT2D eigenvalue weighted by Gasteiger charge is 2.47. The number of nitrogens with zero attached hydrogens (tertiary/aromatic N) is 2. The van der Waals surface area contributed by atoms with Crippen LogP contribution in [0.15, 0.2) is 136 Å². The second kappa shape index (κ2) is 12.1. The molecule has 0 N–H and O–H groups in total. The van der Waals surface area contributed by atoms with Gasteiger partial charge in [-0.2, -0.15) is 0 Å². The van der Waals surface area contributed by atoms with E-state index in [-0.39, 0.29) is 23.0 Å². The summed E-state index contributed by atoms with van der Waals surface area (Å²) >= 11 is 1.74. The van der Waals surface area contributed by atoms with Crippen molar-refractivity contribution in [2.45, 2.75) is 88.3 Å². The highest BCUT2D eigenvalue weighted by Crippen LogP contribution is 2.53. The van der Waals surface area contributed by atoms with E-state index >= 15 is 0 Å². The molecule has 0 saturated carbocycles. The Hall–Kier alpha value is -5.33. The van der Waals surface area contributed by atoms with Gasteiger partial charge in [0.2, 0.25) is 0 Å². The summed E-state index contributed by atoms with van der Waals surface area (Å²) in [6.07, 6.45) is 0. The molecule has 0 unspecified atom stereocenters. The van der Waals surface area contributed by atoms with Gasteiger partial charge in [-0.15, -0.1) is 0 Å². The predicted molar refractivity (Wildman–Crippen MR) is 237 cm³/mol. The average Bonchev–Trinajstić information content (AvgIpc) is 3.55. The average molecular weight is 751 g/mol. The second-order valence-electron chi connectivity index (χ2n) is 18.7. The van der Waals surface area contributed by atoms with Crippen LogP contribution < -0.4 is 31.1 Å². The molecule has 56 heavy (non-hydrogen) atoms. The van der Waals surface area contributed by atoms with Gasteiger partial charge in [-0.1, -0.05) is 129 Å². The summed E-state index contributed by atoms with van der Waals surface area (Å²) < 4.78 is 14.1. The van der Waals surface area contributed by atoms with Crippen LogP contribution in [0.4, 0.5) is 34.1 Å². The van der Waals surface area contributed by atoms with Crippen molar-refractivity contribution in [3.05, 3.63) is 138 Å². The molecule has 4 heterocycles. The van der Waals surface area contributed by atoms with Crippen LogP contribution in [0.2, 0.25) is 0 Å². The lowest BCUT2D eigenvalue weighted by Gasteiger charge is -2.43. The lowest BCUT2D eigenvalue weighted by Crippen LogP contribution is -2.61. The summed E-state index contributed by atoms with van der Waals surface area (Å²) in [5.41, 5.74) is 15.0. The van der Waals surface area contributed by atoms with Crippen molar-refractivity contribution in [1.29, 1.82) is 0 Å². The van der Waals surface area contributed by atoms with Gasteiger partial charge in [0.1, 0.15) is 5.75 Å². The van der Waals surface area contributed by atoms with Gasteiger partial charge in [-0.05, 0) is 111 Å². The summed E-state index contributed by atoms with van der Waals surface area (Å²) in [7, 11) is 0. The van der Waals surface area contributed by atoms with Crippen molar-refractivity contribution in [2.24, 2.45) is 0 Å². The molecule has 0 aliphatic carbocycles. The zero-order valence-corrected chi connectivity index (χ0v) is 34.6. The molecule has 0 amide bonds. The van der Waals surface area contributed by atoms with Crippen LogP contribution >= 0.6 is 11.8 Å². The van der Waals surface area contributed by atoms with Crippen LogP contribution in [0, 0.1) is 0 Å². The van der Waals surface area contributed by atoms with E-state index in [9.17, 15) is 0 Å². The quantitative estimate of drug-likeness (QED) is 0.164. The topological polar surface area (TPSA) is 28.9 Å². The van der Waals surface area contributed by atoms with E-state index in [2.05, 4.69) is 181 Å². The van der Waals surface area contributed by atoms with Crippen LogP contribution in [0.3, 0.4) is 0 Å². The monoisotopic (exact) mass is 750 g/mol. The third-order valence-electron chi connectivity index (χ3n) is 11.8. The van der Waals surface area contributed by atoms with Crippen molar-refractivity contribution < 1.29 is 9.15 Å². The Labute approximate surface area is 335 Å². The Morgan fingerprint density at radius 3 is 1.77 bits per heavy atom. The third kappa shape index (κ3) is 5.36. The molecule has 1 aromatic heterocycles. The number of hydrogen-bond acceptors (Lipinski definition) is 5. The van der Waals surface area contributed by atoms with Gasteiger partial charge < -0.3 is 19.0 Å². The number of hydrogen-bond donors (Lipinski definition) is 0. The number of anilines is 6. The first-order valence-electron chi connectivity index (χ1n) is 19.8. The first-order valence-corrected chi connectivity index (χ1v) is 20.6. The predicted octanol–water partition coefficient (Wildman–Crippen LogP) is 12.7. The molecular formula is C50H47BN2O2S. The van der Waals surface area contributed by atoms with Crippen molar-refractivity contribution in [3.63, 3.8) is 0 Å². The van der Waals surface area contributed by atoms with Crippen molar-refractivity contribution in [2.75, 3.05) is 9.80 Å². The molecule has 7 aromatic rings. The van der Waals surface area contributed by atoms with E-state index in [0.717, 1.165) is 66.4 Å². The largest absolute Gasteiger partial charge is 0.464 e. The number of ether oxygens (including phenoxy) is 1. The first kappa shape index (κ1) is 35.1. The maximum absolute atomic E-state index is 7.36. The highest BCUT2D eigenvalue weighted by atomic mass is 32.2. The Morgan fingerprint density at radius 1 is 0.536 bits per heavy atom. The number of rotatable bonds is 2. The SMILES string of the molecule is CC(C)(C)c1ccc(N2c3ccc(C(C)(C)C)cc3B3c4oc5c6c(ccc5c4N(c4ccc(C(C)(C)C)cc4)c4cccc2c43)Sc2ccccc2O6)cc1. The maximum atomic E-state index is 7.36. The van der Waals surface area contributed by atoms with Gasteiger partial charge in [0.05, 0.1) is 21.1 Å². The molecule has 0 spiro atoms. The van der Waals surface area contributed by atoms with E-state index in [1.54, 1.807) is 11.8 Å². The van der Waals surface area contributed by atoms with Crippen LogP contribution in [-0.4, -0.2) is 6.71 Å². The van der Waals surface area contributed by atoms with E-state index < -0.39 is 0 Å². The van der Waals surface area contributed by atoms with Gasteiger partial charge in [-0.25, -0.2) is 0 Å². The molecular weight excluding hydrogens is 703 g/mol. The zero-order chi connectivity index (χ0) is 38.9. The number of furan rings is 1.